The Hall–Kier alpha value is -0.620. The van der Waals surface area contributed by atoms with Crippen LogP contribution in [0.4, 0.5) is 5.13 Å². The molecule has 0 unspecified atom stereocenters. The van der Waals surface area contributed by atoms with Crippen molar-refractivity contribution in [1.29, 1.82) is 0 Å². The fourth-order valence-electron chi connectivity index (χ4n) is 0.478. The second-order valence-electron chi connectivity index (χ2n) is 1.95. The van der Waals surface area contributed by atoms with E-state index in [4.69, 9.17) is 0 Å². The minimum Gasteiger partial charge on any atom is -0.290 e. The number of carbonyl (C=O) groups is 1. The first kappa shape index (κ1) is 8.48. The van der Waals surface area contributed by atoms with Crippen molar-refractivity contribution in [3.63, 3.8) is 0 Å². The summed E-state index contributed by atoms with van der Waals surface area (Å²) in [5, 5.41) is 7.96. The molecule has 0 aliphatic rings. The lowest BCUT2D eigenvalue weighted by atomic mass is 10.6. The van der Waals surface area contributed by atoms with Crippen LogP contribution in [0.25, 0.3) is 0 Å². The lowest BCUT2D eigenvalue weighted by molar-refractivity contribution is -0.116. The van der Waals surface area contributed by atoms with Crippen LogP contribution in [-0.2, 0) is 4.79 Å². The topological polar surface area (TPSA) is 46.1 Å². The lowest BCUT2D eigenvalue weighted by Gasteiger charge is -2.07. The van der Waals surface area contributed by atoms with E-state index in [-0.39, 0.29) is 5.91 Å². The molecule has 0 bridgehead atoms. The van der Waals surface area contributed by atoms with Gasteiger partial charge in [-0.25, -0.2) is 0 Å². The molecule has 6 heteroatoms. The number of nitrogens with zero attached hydrogens (tertiary/aromatic N) is 3. The Morgan fingerprint density at radius 3 is 2.64 bits per heavy atom. The number of thiol groups is 1. The van der Waals surface area contributed by atoms with Gasteiger partial charge in [-0.05, 0) is 0 Å². The molecule has 1 aromatic rings. The molecule has 0 fully saturated rings. The van der Waals surface area contributed by atoms with Crippen molar-refractivity contribution in [2.45, 2.75) is 11.3 Å². The Balaban J connectivity index is 2.84. The van der Waals surface area contributed by atoms with Crippen LogP contribution < -0.4 is 4.90 Å². The van der Waals surface area contributed by atoms with E-state index in [0.29, 0.717) is 9.47 Å². The maximum atomic E-state index is 10.8. The van der Waals surface area contributed by atoms with E-state index < -0.39 is 0 Å². The van der Waals surface area contributed by atoms with Gasteiger partial charge >= 0.3 is 0 Å². The molecule has 60 valence electrons. The maximum absolute atomic E-state index is 10.8. The number of amides is 1. The van der Waals surface area contributed by atoms with Crippen LogP contribution in [0.3, 0.4) is 0 Å². The van der Waals surface area contributed by atoms with Gasteiger partial charge < -0.3 is 0 Å². The van der Waals surface area contributed by atoms with E-state index in [2.05, 4.69) is 22.8 Å². The average molecular weight is 189 g/mol. The van der Waals surface area contributed by atoms with E-state index in [1.807, 2.05) is 0 Å². The fourth-order valence-corrected chi connectivity index (χ4v) is 1.36. The third-order valence-electron chi connectivity index (χ3n) is 1.16. The highest BCUT2D eigenvalue weighted by Gasteiger charge is 2.09. The summed E-state index contributed by atoms with van der Waals surface area (Å²) in [4.78, 5) is 12.2. The molecule has 11 heavy (non-hydrogen) atoms. The number of hydrogen-bond donors (Lipinski definition) is 1. The number of rotatable bonds is 1. The number of hydrogen-bond acceptors (Lipinski definition) is 5. The molecule has 0 atom stereocenters. The zero-order valence-electron chi connectivity index (χ0n) is 6.11. The molecule has 0 aliphatic heterocycles. The molecule has 0 aliphatic carbocycles. The van der Waals surface area contributed by atoms with Crippen LogP contribution in [0.1, 0.15) is 6.92 Å². The number of anilines is 1. The average Bonchev–Trinajstić information content (AvgIpc) is 2.34. The minimum absolute atomic E-state index is 0.0607. The van der Waals surface area contributed by atoms with Crippen LogP contribution in [0, 0.1) is 0 Å². The normalized spacial score (nSPS) is 9.73. The Morgan fingerprint density at radius 1 is 1.64 bits per heavy atom. The third kappa shape index (κ3) is 1.90. The van der Waals surface area contributed by atoms with Gasteiger partial charge in [0.05, 0.1) is 0 Å². The first-order chi connectivity index (χ1) is 5.11. The Morgan fingerprint density at radius 2 is 2.27 bits per heavy atom. The highest BCUT2D eigenvalue weighted by atomic mass is 32.2. The van der Waals surface area contributed by atoms with Crippen LogP contribution in [0.2, 0.25) is 0 Å². The van der Waals surface area contributed by atoms with Crippen LogP contribution >= 0.6 is 24.0 Å². The van der Waals surface area contributed by atoms with Gasteiger partial charge in [0, 0.05) is 14.0 Å². The quantitative estimate of drug-likeness (QED) is 0.525. The zero-order valence-corrected chi connectivity index (χ0v) is 7.82. The first-order valence-corrected chi connectivity index (χ1v) is 4.14. The molecule has 1 rings (SSSR count). The summed E-state index contributed by atoms with van der Waals surface area (Å²) in [5.41, 5.74) is 0. The minimum atomic E-state index is -0.0607. The van der Waals surface area contributed by atoms with Crippen molar-refractivity contribution >= 4 is 35.0 Å². The molecule has 1 amide bonds. The maximum Gasteiger partial charge on any atom is 0.225 e. The Kier molecular flexibility index (Phi) is 2.45. The summed E-state index contributed by atoms with van der Waals surface area (Å²) in [7, 11) is 1.65. The molecule has 0 radical (unpaired) electrons. The van der Waals surface area contributed by atoms with Gasteiger partial charge in [0.1, 0.15) is 0 Å². The van der Waals surface area contributed by atoms with Crippen LogP contribution in [0.5, 0.6) is 0 Å². The molecular formula is C5H7N3OS2. The van der Waals surface area contributed by atoms with Gasteiger partial charge in [-0.3, -0.25) is 9.69 Å². The standard InChI is InChI=1S/C5H7N3OS2/c1-3(9)8(2)4-6-7-5(10)11-4/h1-2H3,(H,7,10). The van der Waals surface area contributed by atoms with E-state index in [1.54, 1.807) is 7.05 Å². The Bertz CT molecular complexity index is 272. The van der Waals surface area contributed by atoms with E-state index in [9.17, 15) is 4.79 Å². The Labute approximate surface area is 73.7 Å². The highest BCUT2D eigenvalue weighted by molar-refractivity contribution is 7.82. The summed E-state index contributed by atoms with van der Waals surface area (Å²) in [6, 6.07) is 0. The van der Waals surface area contributed by atoms with E-state index in [0.717, 1.165) is 0 Å². The SMILES string of the molecule is CC(=O)N(C)c1nnc(S)s1. The zero-order chi connectivity index (χ0) is 8.43. The number of aromatic nitrogens is 2. The largest absolute Gasteiger partial charge is 0.290 e. The van der Waals surface area contributed by atoms with Gasteiger partial charge in [0.2, 0.25) is 11.0 Å². The monoisotopic (exact) mass is 189 g/mol. The van der Waals surface area contributed by atoms with Crippen molar-refractivity contribution in [3.05, 3.63) is 0 Å². The van der Waals surface area contributed by atoms with Gasteiger partial charge in [0.25, 0.3) is 0 Å². The van der Waals surface area contributed by atoms with Gasteiger partial charge in [0.15, 0.2) is 4.34 Å². The van der Waals surface area contributed by atoms with Crippen LogP contribution in [0.15, 0.2) is 4.34 Å². The summed E-state index contributed by atoms with van der Waals surface area (Å²) in [6.45, 7) is 1.47. The first-order valence-electron chi connectivity index (χ1n) is 2.88. The van der Waals surface area contributed by atoms with Crippen molar-refractivity contribution in [2.75, 3.05) is 11.9 Å². The smallest absolute Gasteiger partial charge is 0.225 e. The third-order valence-corrected chi connectivity index (χ3v) is 2.33. The summed E-state index contributed by atoms with van der Waals surface area (Å²) in [6.07, 6.45) is 0. The van der Waals surface area contributed by atoms with Crippen molar-refractivity contribution < 1.29 is 4.79 Å². The molecule has 0 spiro atoms. The number of carbonyl (C=O) groups excluding carboxylic acids is 1. The van der Waals surface area contributed by atoms with Crippen molar-refractivity contribution in [2.24, 2.45) is 0 Å². The molecule has 1 heterocycles. The fraction of sp³-hybridized carbons (Fsp3) is 0.400. The summed E-state index contributed by atoms with van der Waals surface area (Å²) in [5.74, 6) is -0.0607. The lowest BCUT2D eigenvalue weighted by Crippen LogP contribution is -2.22. The van der Waals surface area contributed by atoms with Crippen LogP contribution in [-0.4, -0.2) is 23.2 Å². The molecular weight excluding hydrogens is 182 g/mol. The second kappa shape index (κ2) is 3.19. The molecule has 0 aromatic carbocycles. The predicted octanol–water partition coefficient (Wildman–Crippen LogP) is 0.809. The summed E-state index contributed by atoms with van der Waals surface area (Å²) < 4.78 is 0.563. The highest BCUT2D eigenvalue weighted by Crippen LogP contribution is 2.20. The molecule has 0 saturated carbocycles. The molecule has 0 N–H and O–H groups in total. The molecule has 1 aromatic heterocycles. The van der Waals surface area contributed by atoms with Gasteiger partial charge in [-0.15, -0.1) is 22.8 Å². The van der Waals surface area contributed by atoms with Crippen molar-refractivity contribution in [1.82, 2.24) is 10.2 Å². The summed E-state index contributed by atoms with van der Waals surface area (Å²) >= 11 is 5.25. The predicted molar refractivity (Wildman–Crippen MR) is 46.2 cm³/mol. The molecule has 0 saturated heterocycles. The molecule has 4 nitrogen and oxygen atoms in total. The van der Waals surface area contributed by atoms with E-state index >= 15 is 0 Å². The second-order valence-corrected chi connectivity index (χ2v) is 3.63. The van der Waals surface area contributed by atoms with E-state index in [1.165, 1.54) is 23.2 Å². The van der Waals surface area contributed by atoms with Gasteiger partial charge in [-0.2, -0.15) is 0 Å². The van der Waals surface area contributed by atoms with Gasteiger partial charge in [-0.1, -0.05) is 11.3 Å². The van der Waals surface area contributed by atoms with Crippen molar-refractivity contribution in [3.8, 4) is 0 Å².